The fourth-order valence-corrected chi connectivity index (χ4v) is 0.351. The van der Waals surface area contributed by atoms with Gasteiger partial charge in [-0.1, -0.05) is 0 Å². The number of carboxylic acid groups (broad SMARTS) is 2. The molecule has 2 N–H and O–H groups in total. The van der Waals surface area contributed by atoms with E-state index < -0.39 is 11.9 Å². The van der Waals surface area contributed by atoms with E-state index in [4.69, 9.17) is 19.8 Å². The maximum atomic E-state index is 10.0. The predicted molar refractivity (Wildman–Crippen MR) is 41.3 cm³/mol. The molecule has 74 valence electrons. The third kappa shape index (κ3) is 17.9. The fourth-order valence-electron chi connectivity index (χ4n) is 0.351. The Balaban J connectivity index is 0. The Labute approximate surface area is 74.2 Å². The van der Waals surface area contributed by atoms with Crippen molar-refractivity contribution >= 4 is 23.5 Å². The van der Waals surface area contributed by atoms with Crippen LogP contribution in [-0.4, -0.2) is 33.7 Å². The van der Waals surface area contributed by atoms with Crippen LogP contribution in [0.3, 0.4) is 0 Å². The van der Waals surface area contributed by atoms with Crippen molar-refractivity contribution in [3.8, 4) is 0 Å². The minimum atomic E-state index is -1.82. The van der Waals surface area contributed by atoms with Crippen molar-refractivity contribution in [3.63, 3.8) is 0 Å². The second-order valence-electron chi connectivity index (χ2n) is 2.19. The number of rotatable bonds is 2. The maximum absolute atomic E-state index is 10.0. The SMILES string of the molecule is CC(=O)CC(C)=O.O=C(O)C(=O)O. The molecule has 0 aliphatic rings. The lowest BCUT2D eigenvalue weighted by atomic mass is 10.2. The lowest BCUT2D eigenvalue weighted by Crippen LogP contribution is -2.09. The highest BCUT2D eigenvalue weighted by atomic mass is 16.4. The Morgan fingerprint density at radius 3 is 1.08 bits per heavy atom. The van der Waals surface area contributed by atoms with E-state index in [1.165, 1.54) is 13.8 Å². The Hall–Kier alpha value is -1.72. The van der Waals surface area contributed by atoms with Gasteiger partial charge in [-0.05, 0) is 13.8 Å². The molecule has 0 aromatic rings. The summed E-state index contributed by atoms with van der Waals surface area (Å²) < 4.78 is 0. The predicted octanol–water partition coefficient (Wildman–Crippen LogP) is -0.290. The number of Topliss-reactive ketones (excluding diaryl/α,β-unsaturated/α-hetero) is 2. The summed E-state index contributed by atoms with van der Waals surface area (Å²) in [4.78, 5) is 38.3. The van der Waals surface area contributed by atoms with Crippen LogP contribution in [0, 0.1) is 0 Å². The van der Waals surface area contributed by atoms with E-state index in [2.05, 4.69) is 0 Å². The molecule has 0 unspecified atom stereocenters. The third-order valence-corrected chi connectivity index (χ3v) is 0.681. The van der Waals surface area contributed by atoms with Crippen molar-refractivity contribution in [2.45, 2.75) is 20.3 Å². The van der Waals surface area contributed by atoms with Crippen LogP contribution in [0.4, 0.5) is 0 Å². The minimum Gasteiger partial charge on any atom is -0.473 e. The zero-order valence-corrected chi connectivity index (χ0v) is 7.23. The molecule has 13 heavy (non-hydrogen) atoms. The first-order valence-electron chi connectivity index (χ1n) is 3.22. The Kier molecular flexibility index (Phi) is 7.41. The Morgan fingerprint density at radius 1 is 0.846 bits per heavy atom. The van der Waals surface area contributed by atoms with Crippen LogP contribution in [0.1, 0.15) is 20.3 Å². The summed E-state index contributed by atoms with van der Waals surface area (Å²) in [5, 5.41) is 14.8. The molecular formula is C7H10O6. The van der Waals surface area contributed by atoms with Gasteiger partial charge in [0.05, 0.1) is 6.42 Å². The van der Waals surface area contributed by atoms with Crippen molar-refractivity contribution in [1.82, 2.24) is 0 Å². The first-order chi connectivity index (χ1) is 5.77. The lowest BCUT2D eigenvalue weighted by Gasteiger charge is -1.81. The second kappa shape index (κ2) is 6.96. The van der Waals surface area contributed by atoms with Gasteiger partial charge in [-0.3, -0.25) is 9.59 Å². The molecule has 0 saturated carbocycles. The number of hydrogen-bond donors (Lipinski definition) is 2. The molecule has 0 aliphatic carbocycles. The van der Waals surface area contributed by atoms with E-state index in [1.807, 2.05) is 0 Å². The standard InChI is InChI=1S/C5H8O2.C2H2O4/c1-4(6)3-5(2)7;3-1(4)2(5)6/h3H2,1-2H3;(H,3,4)(H,5,6). The van der Waals surface area contributed by atoms with Crippen molar-refractivity contribution in [2.75, 3.05) is 0 Å². The number of carboxylic acids is 2. The van der Waals surface area contributed by atoms with Crippen LogP contribution >= 0.6 is 0 Å². The fraction of sp³-hybridized carbons (Fsp3) is 0.429. The lowest BCUT2D eigenvalue weighted by molar-refractivity contribution is -0.159. The van der Waals surface area contributed by atoms with Gasteiger partial charge in [-0.15, -0.1) is 0 Å². The molecule has 0 rings (SSSR count). The molecule has 0 amide bonds. The van der Waals surface area contributed by atoms with E-state index in [-0.39, 0.29) is 18.0 Å². The van der Waals surface area contributed by atoms with Gasteiger partial charge < -0.3 is 10.2 Å². The van der Waals surface area contributed by atoms with E-state index in [1.54, 1.807) is 0 Å². The molecule has 6 nitrogen and oxygen atoms in total. The van der Waals surface area contributed by atoms with Gasteiger partial charge >= 0.3 is 11.9 Å². The summed E-state index contributed by atoms with van der Waals surface area (Å²) in [5.41, 5.74) is 0. The molecule has 0 aromatic heterocycles. The number of aliphatic carboxylic acids is 2. The zero-order valence-electron chi connectivity index (χ0n) is 7.23. The summed E-state index contributed by atoms with van der Waals surface area (Å²) in [6.07, 6.45) is 0.0833. The summed E-state index contributed by atoms with van der Waals surface area (Å²) in [7, 11) is 0. The van der Waals surface area contributed by atoms with Crippen LogP contribution in [-0.2, 0) is 19.2 Å². The molecule has 0 aromatic carbocycles. The molecular weight excluding hydrogens is 180 g/mol. The highest BCUT2D eigenvalue weighted by molar-refractivity contribution is 6.27. The van der Waals surface area contributed by atoms with Crippen LogP contribution in [0.15, 0.2) is 0 Å². The molecule has 0 saturated heterocycles. The quantitative estimate of drug-likeness (QED) is 0.457. The van der Waals surface area contributed by atoms with Gasteiger partial charge in [0, 0.05) is 0 Å². The van der Waals surface area contributed by atoms with Crippen molar-refractivity contribution < 1.29 is 29.4 Å². The molecule has 6 heteroatoms. The van der Waals surface area contributed by atoms with E-state index in [9.17, 15) is 9.59 Å². The summed E-state index contributed by atoms with van der Waals surface area (Å²) in [6, 6.07) is 0. The van der Waals surface area contributed by atoms with Crippen LogP contribution < -0.4 is 0 Å². The zero-order chi connectivity index (χ0) is 11.0. The third-order valence-electron chi connectivity index (χ3n) is 0.681. The Bertz CT molecular complexity index is 205. The molecule has 0 radical (unpaired) electrons. The monoisotopic (exact) mass is 190 g/mol. The average Bonchev–Trinajstić information content (AvgIpc) is 1.84. The van der Waals surface area contributed by atoms with Crippen LogP contribution in [0.2, 0.25) is 0 Å². The van der Waals surface area contributed by atoms with Gasteiger partial charge in [0.2, 0.25) is 0 Å². The molecule has 0 atom stereocenters. The number of carbonyl (C=O) groups excluding carboxylic acids is 2. The second-order valence-corrected chi connectivity index (χ2v) is 2.19. The van der Waals surface area contributed by atoms with Gasteiger partial charge in [0.25, 0.3) is 0 Å². The highest BCUT2D eigenvalue weighted by Crippen LogP contribution is 1.80. The molecule has 0 fully saturated rings. The largest absolute Gasteiger partial charge is 0.473 e. The molecule has 0 aliphatic heterocycles. The average molecular weight is 190 g/mol. The number of ketones is 2. The summed E-state index contributed by atoms with van der Waals surface area (Å²) in [5.74, 6) is -3.77. The number of hydrogen-bond acceptors (Lipinski definition) is 4. The molecule has 0 bridgehead atoms. The maximum Gasteiger partial charge on any atom is 0.414 e. The Morgan fingerprint density at radius 2 is 1.08 bits per heavy atom. The van der Waals surface area contributed by atoms with E-state index >= 15 is 0 Å². The van der Waals surface area contributed by atoms with Gasteiger partial charge in [0.15, 0.2) is 0 Å². The van der Waals surface area contributed by atoms with Crippen molar-refractivity contribution in [3.05, 3.63) is 0 Å². The first-order valence-corrected chi connectivity index (χ1v) is 3.22. The van der Waals surface area contributed by atoms with Gasteiger partial charge in [0.1, 0.15) is 11.6 Å². The minimum absolute atomic E-state index is 0.0625. The van der Waals surface area contributed by atoms with Crippen molar-refractivity contribution in [1.29, 1.82) is 0 Å². The van der Waals surface area contributed by atoms with E-state index in [0.29, 0.717) is 0 Å². The molecule has 0 spiro atoms. The smallest absolute Gasteiger partial charge is 0.414 e. The van der Waals surface area contributed by atoms with Crippen molar-refractivity contribution in [2.24, 2.45) is 0 Å². The molecule has 0 heterocycles. The van der Waals surface area contributed by atoms with Crippen LogP contribution in [0.25, 0.3) is 0 Å². The number of carbonyl (C=O) groups is 4. The summed E-state index contributed by atoms with van der Waals surface area (Å²) in [6.45, 7) is 2.81. The topological polar surface area (TPSA) is 109 Å². The van der Waals surface area contributed by atoms with Crippen LogP contribution in [0.5, 0.6) is 0 Å². The summed E-state index contributed by atoms with van der Waals surface area (Å²) >= 11 is 0. The van der Waals surface area contributed by atoms with Gasteiger partial charge in [-0.25, -0.2) is 9.59 Å². The van der Waals surface area contributed by atoms with Gasteiger partial charge in [-0.2, -0.15) is 0 Å². The first kappa shape index (κ1) is 13.8. The highest BCUT2D eigenvalue weighted by Gasteiger charge is 2.04. The van der Waals surface area contributed by atoms with E-state index in [0.717, 1.165) is 0 Å². The normalized spacial score (nSPS) is 7.85.